The average Bonchev–Trinajstić information content (AvgIpc) is 2.70. The second-order valence-electron chi connectivity index (χ2n) is 4.31. The number of hydrogen-bond donors (Lipinski definition) is 0. The molecule has 0 bridgehead atoms. The fourth-order valence-corrected chi connectivity index (χ4v) is 3.00. The highest BCUT2D eigenvalue weighted by atomic mass is 35.5. The average molecular weight is 304 g/mol. The first-order valence-corrected chi connectivity index (χ1v) is 7.55. The van der Waals surface area contributed by atoms with E-state index in [0.717, 1.165) is 4.90 Å². The van der Waals surface area contributed by atoms with E-state index in [1.807, 2.05) is 24.5 Å². The number of amides is 2. The SMILES string of the molecule is CSc1ccccc1N1C(=O)c2ccc(Cl)cc2C1=O. The lowest BCUT2D eigenvalue weighted by Gasteiger charge is -2.16. The van der Waals surface area contributed by atoms with Crippen LogP contribution >= 0.6 is 23.4 Å². The zero-order valence-electron chi connectivity index (χ0n) is 10.6. The molecule has 0 radical (unpaired) electrons. The van der Waals surface area contributed by atoms with Gasteiger partial charge >= 0.3 is 0 Å². The van der Waals surface area contributed by atoms with E-state index in [4.69, 9.17) is 11.6 Å². The van der Waals surface area contributed by atoms with E-state index in [-0.39, 0.29) is 11.8 Å². The molecule has 20 heavy (non-hydrogen) atoms. The molecule has 1 heterocycles. The van der Waals surface area contributed by atoms with E-state index in [1.165, 1.54) is 16.7 Å². The molecule has 0 saturated heterocycles. The van der Waals surface area contributed by atoms with Crippen LogP contribution in [0, 0.1) is 0 Å². The molecule has 3 nitrogen and oxygen atoms in total. The molecule has 3 rings (SSSR count). The zero-order valence-corrected chi connectivity index (χ0v) is 12.2. The lowest BCUT2D eigenvalue weighted by molar-refractivity contribution is 0.0925. The van der Waals surface area contributed by atoms with Crippen molar-refractivity contribution in [2.75, 3.05) is 11.2 Å². The third-order valence-corrected chi connectivity index (χ3v) is 4.19. The van der Waals surface area contributed by atoms with Crippen LogP contribution < -0.4 is 4.90 Å². The van der Waals surface area contributed by atoms with Gasteiger partial charge in [-0.05, 0) is 36.6 Å². The highest BCUT2D eigenvalue weighted by molar-refractivity contribution is 7.98. The standard InChI is InChI=1S/C15H10ClNO2S/c1-20-13-5-3-2-4-12(13)17-14(18)10-7-6-9(16)8-11(10)15(17)19/h2-8H,1H3. The summed E-state index contributed by atoms with van der Waals surface area (Å²) in [7, 11) is 0. The largest absolute Gasteiger partial charge is 0.268 e. The smallest absolute Gasteiger partial charge is 0.266 e. The first kappa shape index (κ1) is 13.2. The van der Waals surface area contributed by atoms with Gasteiger partial charge in [0, 0.05) is 9.92 Å². The Kier molecular flexibility index (Phi) is 3.28. The van der Waals surface area contributed by atoms with Crippen LogP contribution in [0.5, 0.6) is 0 Å². The topological polar surface area (TPSA) is 37.4 Å². The van der Waals surface area contributed by atoms with Gasteiger partial charge in [-0.3, -0.25) is 9.59 Å². The van der Waals surface area contributed by atoms with E-state index < -0.39 is 0 Å². The summed E-state index contributed by atoms with van der Waals surface area (Å²) in [4.78, 5) is 27.0. The highest BCUT2D eigenvalue weighted by Crippen LogP contribution is 2.35. The molecular formula is C15H10ClNO2S. The Morgan fingerprint density at radius 3 is 2.45 bits per heavy atom. The summed E-state index contributed by atoms with van der Waals surface area (Å²) in [6.45, 7) is 0. The molecule has 0 aromatic heterocycles. The van der Waals surface area contributed by atoms with E-state index in [1.54, 1.807) is 24.3 Å². The van der Waals surface area contributed by atoms with Crippen LogP contribution in [0.2, 0.25) is 5.02 Å². The second kappa shape index (κ2) is 4.96. The maximum atomic E-state index is 12.5. The second-order valence-corrected chi connectivity index (χ2v) is 5.59. The Morgan fingerprint density at radius 2 is 1.70 bits per heavy atom. The molecule has 1 aliphatic heterocycles. The molecule has 5 heteroatoms. The minimum absolute atomic E-state index is 0.303. The number of halogens is 1. The number of anilines is 1. The van der Waals surface area contributed by atoms with Crippen LogP contribution in [0.1, 0.15) is 20.7 Å². The minimum atomic E-state index is -0.325. The predicted molar refractivity (Wildman–Crippen MR) is 80.8 cm³/mol. The molecule has 0 unspecified atom stereocenters. The van der Waals surface area contributed by atoms with Gasteiger partial charge in [-0.15, -0.1) is 11.8 Å². The number of para-hydroxylation sites is 1. The Morgan fingerprint density at radius 1 is 1.00 bits per heavy atom. The lowest BCUT2D eigenvalue weighted by atomic mass is 10.1. The number of benzene rings is 2. The number of thioether (sulfide) groups is 1. The fourth-order valence-electron chi connectivity index (χ4n) is 2.25. The van der Waals surface area contributed by atoms with Gasteiger partial charge < -0.3 is 0 Å². The number of carbonyl (C=O) groups is 2. The summed E-state index contributed by atoms with van der Waals surface area (Å²) in [6.07, 6.45) is 1.91. The maximum Gasteiger partial charge on any atom is 0.266 e. The van der Waals surface area contributed by atoms with E-state index in [0.29, 0.717) is 21.8 Å². The first-order valence-electron chi connectivity index (χ1n) is 5.95. The van der Waals surface area contributed by atoms with Gasteiger partial charge in [-0.25, -0.2) is 4.90 Å². The third kappa shape index (κ3) is 1.92. The van der Waals surface area contributed by atoms with Crippen LogP contribution in [-0.4, -0.2) is 18.1 Å². The molecule has 2 aromatic carbocycles. The number of imide groups is 1. The summed E-state index contributed by atoms with van der Waals surface area (Å²) >= 11 is 7.40. The van der Waals surface area contributed by atoms with Crippen LogP contribution in [0.3, 0.4) is 0 Å². The van der Waals surface area contributed by atoms with Gasteiger partial charge in [0.15, 0.2) is 0 Å². The number of rotatable bonds is 2. The summed E-state index contributed by atoms with van der Waals surface area (Å²) in [6, 6.07) is 12.1. The molecule has 1 aliphatic rings. The van der Waals surface area contributed by atoms with Gasteiger partial charge in [-0.1, -0.05) is 23.7 Å². The van der Waals surface area contributed by atoms with Crippen LogP contribution in [0.15, 0.2) is 47.4 Å². The Hall–Kier alpha value is -1.78. The van der Waals surface area contributed by atoms with E-state index in [9.17, 15) is 9.59 Å². The van der Waals surface area contributed by atoms with E-state index >= 15 is 0 Å². The van der Waals surface area contributed by atoms with Crippen LogP contribution in [0.25, 0.3) is 0 Å². The van der Waals surface area contributed by atoms with Crippen LogP contribution in [0.4, 0.5) is 5.69 Å². The van der Waals surface area contributed by atoms with Crippen molar-refractivity contribution in [2.24, 2.45) is 0 Å². The van der Waals surface area contributed by atoms with Gasteiger partial charge in [0.1, 0.15) is 0 Å². The molecule has 0 atom stereocenters. The Bertz CT molecular complexity index is 730. The van der Waals surface area contributed by atoms with Crippen molar-refractivity contribution in [3.63, 3.8) is 0 Å². The first-order chi connectivity index (χ1) is 9.63. The highest BCUT2D eigenvalue weighted by Gasteiger charge is 2.37. The number of fused-ring (bicyclic) bond motifs is 1. The predicted octanol–water partition coefficient (Wildman–Crippen LogP) is 3.86. The molecule has 0 fully saturated rings. The third-order valence-electron chi connectivity index (χ3n) is 3.17. The molecule has 0 aliphatic carbocycles. The summed E-state index contributed by atoms with van der Waals surface area (Å²) in [5.74, 6) is -0.628. The van der Waals surface area contributed by atoms with Crippen molar-refractivity contribution in [3.05, 3.63) is 58.6 Å². The molecule has 2 aromatic rings. The maximum absolute atomic E-state index is 12.5. The Balaban J connectivity index is 2.14. The molecule has 100 valence electrons. The van der Waals surface area contributed by atoms with Crippen molar-refractivity contribution < 1.29 is 9.59 Å². The van der Waals surface area contributed by atoms with Gasteiger partial charge in [-0.2, -0.15) is 0 Å². The molecule has 0 spiro atoms. The fraction of sp³-hybridized carbons (Fsp3) is 0.0667. The summed E-state index contributed by atoms with van der Waals surface area (Å²) < 4.78 is 0. The summed E-state index contributed by atoms with van der Waals surface area (Å²) in [5.41, 5.74) is 1.37. The Labute approximate surface area is 125 Å². The molecule has 0 N–H and O–H groups in total. The molecular weight excluding hydrogens is 294 g/mol. The molecule has 0 saturated carbocycles. The lowest BCUT2D eigenvalue weighted by Crippen LogP contribution is -2.29. The molecule has 2 amide bonds. The number of hydrogen-bond acceptors (Lipinski definition) is 3. The van der Waals surface area contributed by atoms with Crippen LogP contribution in [-0.2, 0) is 0 Å². The summed E-state index contributed by atoms with van der Waals surface area (Å²) in [5, 5.41) is 0.449. The van der Waals surface area contributed by atoms with Gasteiger partial charge in [0.25, 0.3) is 11.8 Å². The van der Waals surface area contributed by atoms with Crippen molar-refractivity contribution >= 4 is 40.9 Å². The normalized spacial score (nSPS) is 13.8. The number of nitrogens with zero attached hydrogens (tertiary/aromatic N) is 1. The zero-order chi connectivity index (χ0) is 14.3. The monoisotopic (exact) mass is 303 g/mol. The number of carbonyl (C=O) groups excluding carboxylic acids is 2. The van der Waals surface area contributed by atoms with Crippen molar-refractivity contribution in [3.8, 4) is 0 Å². The van der Waals surface area contributed by atoms with Crippen molar-refractivity contribution in [2.45, 2.75) is 4.90 Å². The van der Waals surface area contributed by atoms with Crippen molar-refractivity contribution in [1.29, 1.82) is 0 Å². The van der Waals surface area contributed by atoms with Gasteiger partial charge in [0.05, 0.1) is 16.8 Å². The van der Waals surface area contributed by atoms with Gasteiger partial charge in [0.2, 0.25) is 0 Å². The van der Waals surface area contributed by atoms with E-state index in [2.05, 4.69) is 0 Å². The minimum Gasteiger partial charge on any atom is -0.268 e. The van der Waals surface area contributed by atoms with Crippen molar-refractivity contribution in [1.82, 2.24) is 0 Å². The quantitative estimate of drug-likeness (QED) is 0.624.